The van der Waals surface area contributed by atoms with Crippen LogP contribution in [0.3, 0.4) is 0 Å². The van der Waals surface area contributed by atoms with Gasteiger partial charge in [0.1, 0.15) is 0 Å². The molecule has 1 unspecified atom stereocenters. The SMILES string of the molecule is Cn1nccc1CCC(=O)N1CCOCC(C(=O)O)C1. The minimum atomic E-state index is -0.920. The number of hydrogen-bond acceptors (Lipinski definition) is 4. The van der Waals surface area contributed by atoms with E-state index in [4.69, 9.17) is 9.84 Å². The maximum Gasteiger partial charge on any atom is 0.310 e. The summed E-state index contributed by atoms with van der Waals surface area (Å²) >= 11 is 0. The van der Waals surface area contributed by atoms with E-state index in [9.17, 15) is 9.59 Å². The van der Waals surface area contributed by atoms with Gasteiger partial charge in [0.25, 0.3) is 0 Å². The Hall–Kier alpha value is -1.89. The molecule has 0 spiro atoms. The van der Waals surface area contributed by atoms with Crippen LogP contribution in [0.5, 0.6) is 0 Å². The molecule has 1 N–H and O–H groups in total. The molecule has 0 aliphatic carbocycles. The first-order valence-electron chi connectivity index (χ1n) is 6.63. The molecule has 7 nitrogen and oxygen atoms in total. The lowest BCUT2D eigenvalue weighted by Crippen LogP contribution is -2.38. The number of carbonyl (C=O) groups excluding carboxylic acids is 1. The first-order chi connectivity index (χ1) is 9.58. The number of amides is 1. The van der Waals surface area contributed by atoms with Gasteiger partial charge in [-0.1, -0.05) is 0 Å². The first kappa shape index (κ1) is 14.5. The Morgan fingerprint density at radius 1 is 1.55 bits per heavy atom. The molecule has 1 fully saturated rings. The predicted molar refractivity (Wildman–Crippen MR) is 70.1 cm³/mol. The van der Waals surface area contributed by atoms with Gasteiger partial charge in [-0.15, -0.1) is 0 Å². The minimum absolute atomic E-state index is 0.0389. The summed E-state index contributed by atoms with van der Waals surface area (Å²) in [6.45, 7) is 1.23. The number of aromatic nitrogens is 2. The topological polar surface area (TPSA) is 84.7 Å². The molecule has 2 heterocycles. The van der Waals surface area contributed by atoms with Crippen LogP contribution >= 0.6 is 0 Å². The number of hydrogen-bond donors (Lipinski definition) is 1. The second-order valence-electron chi connectivity index (χ2n) is 4.90. The van der Waals surface area contributed by atoms with Crippen molar-refractivity contribution in [3.63, 3.8) is 0 Å². The van der Waals surface area contributed by atoms with Crippen molar-refractivity contribution >= 4 is 11.9 Å². The fraction of sp³-hybridized carbons (Fsp3) is 0.615. The molecule has 1 aliphatic heterocycles. The molecule has 1 saturated heterocycles. The van der Waals surface area contributed by atoms with E-state index in [-0.39, 0.29) is 19.1 Å². The van der Waals surface area contributed by atoms with E-state index < -0.39 is 11.9 Å². The summed E-state index contributed by atoms with van der Waals surface area (Å²) in [5.74, 6) is -1.60. The van der Waals surface area contributed by atoms with E-state index in [1.54, 1.807) is 15.8 Å². The lowest BCUT2D eigenvalue weighted by molar-refractivity contribution is -0.144. The van der Waals surface area contributed by atoms with E-state index in [0.29, 0.717) is 26.0 Å². The van der Waals surface area contributed by atoms with Crippen LogP contribution in [0.2, 0.25) is 0 Å². The van der Waals surface area contributed by atoms with E-state index in [0.717, 1.165) is 5.69 Å². The molecule has 0 saturated carbocycles. The van der Waals surface area contributed by atoms with Crippen molar-refractivity contribution in [2.24, 2.45) is 13.0 Å². The molecule has 1 aromatic heterocycles. The van der Waals surface area contributed by atoms with Crippen molar-refractivity contribution < 1.29 is 19.4 Å². The van der Waals surface area contributed by atoms with Gasteiger partial charge in [0, 0.05) is 38.4 Å². The van der Waals surface area contributed by atoms with Gasteiger partial charge in [-0.3, -0.25) is 14.3 Å². The average molecular weight is 281 g/mol. The molecule has 0 aromatic carbocycles. The standard InChI is InChI=1S/C13H19N3O4/c1-15-11(4-5-14-15)2-3-12(17)16-6-7-20-9-10(8-16)13(18)19/h4-5,10H,2-3,6-9H2,1H3,(H,18,19). The molecule has 1 atom stereocenters. The normalized spacial score (nSPS) is 19.6. The van der Waals surface area contributed by atoms with Crippen molar-refractivity contribution in [2.45, 2.75) is 12.8 Å². The second-order valence-corrected chi connectivity index (χ2v) is 4.90. The Morgan fingerprint density at radius 3 is 3.00 bits per heavy atom. The predicted octanol–water partition coefficient (Wildman–Crippen LogP) is -0.0877. The lowest BCUT2D eigenvalue weighted by atomic mass is 10.1. The smallest absolute Gasteiger partial charge is 0.310 e. The highest BCUT2D eigenvalue weighted by Gasteiger charge is 2.26. The number of carboxylic acids is 1. The van der Waals surface area contributed by atoms with Crippen molar-refractivity contribution in [3.8, 4) is 0 Å². The summed E-state index contributed by atoms with van der Waals surface area (Å²) in [4.78, 5) is 24.8. The maximum atomic E-state index is 12.2. The third kappa shape index (κ3) is 3.57. The van der Waals surface area contributed by atoms with Gasteiger partial charge in [-0.25, -0.2) is 0 Å². The number of aliphatic carboxylic acids is 1. The van der Waals surface area contributed by atoms with Gasteiger partial charge >= 0.3 is 5.97 Å². The molecule has 1 amide bonds. The third-order valence-corrected chi connectivity index (χ3v) is 3.48. The van der Waals surface area contributed by atoms with Crippen molar-refractivity contribution in [1.82, 2.24) is 14.7 Å². The Morgan fingerprint density at radius 2 is 2.35 bits per heavy atom. The van der Waals surface area contributed by atoms with Gasteiger partial charge < -0.3 is 14.7 Å². The summed E-state index contributed by atoms with van der Waals surface area (Å²) in [6, 6.07) is 1.87. The van der Waals surface area contributed by atoms with Crippen LogP contribution in [-0.4, -0.2) is 58.0 Å². The number of carboxylic acid groups (broad SMARTS) is 1. The fourth-order valence-corrected chi connectivity index (χ4v) is 2.23. The Labute approximate surface area is 117 Å². The molecular weight excluding hydrogens is 262 g/mol. The molecule has 1 aromatic rings. The van der Waals surface area contributed by atoms with Crippen LogP contribution in [0.1, 0.15) is 12.1 Å². The van der Waals surface area contributed by atoms with Crippen LogP contribution in [0, 0.1) is 5.92 Å². The average Bonchev–Trinajstić information content (AvgIpc) is 2.67. The number of aryl methyl sites for hydroxylation is 2. The molecule has 0 bridgehead atoms. The number of ether oxygens (including phenoxy) is 1. The zero-order chi connectivity index (χ0) is 14.5. The minimum Gasteiger partial charge on any atom is -0.481 e. The van der Waals surface area contributed by atoms with Crippen LogP contribution < -0.4 is 0 Å². The maximum absolute atomic E-state index is 12.2. The van der Waals surface area contributed by atoms with E-state index >= 15 is 0 Å². The summed E-state index contributed by atoms with van der Waals surface area (Å²) in [6.07, 6.45) is 2.65. The first-order valence-corrected chi connectivity index (χ1v) is 6.63. The number of carbonyl (C=O) groups is 2. The van der Waals surface area contributed by atoms with Gasteiger partial charge in [0.2, 0.25) is 5.91 Å². The molecule has 110 valence electrons. The number of nitrogens with zero attached hydrogens (tertiary/aromatic N) is 3. The molecule has 20 heavy (non-hydrogen) atoms. The molecule has 1 aliphatic rings. The molecule has 0 radical (unpaired) electrons. The van der Waals surface area contributed by atoms with Gasteiger partial charge in [0.15, 0.2) is 0 Å². The van der Waals surface area contributed by atoms with Gasteiger partial charge in [-0.2, -0.15) is 5.10 Å². The summed E-state index contributed by atoms with van der Waals surface area (Å²) < 4.78 is 6.96. The highest BCUT2D eigenvalue weighted by atomic mass is 16.5. The van der Waals surface area contributed by atoms with Gasteiger partial charge in [-0.05, 0) is 12.5 Å². The van der Waals surface area contributed by atoms with E-state index in [2.05, 4.69) is 5.10 Å². The molecular formula is C13H19N3O4. The Balaban J connectivity index is 1.90. The molecule has 2 rings (SSSR count). The van der Waals surface area contributed by atoms with Crippen LogP contribution in [0.25, 0.3) is 0 Å². The monoisotopic (exact) mass is 281 g/mol. The van der Waals surface area contributed by atoms with Crippen molar-refractivity contribution in [3.05, 3.63) is 18.0 Å². The van der Waals surface area contributed by atoms with Crippen LogP contribution in [-0.2, 0) is 27.8 Å². The fourth-order valence-electron chi connectivity index (χ4n) is 2.23. The second kappa shape index (κ2) is 6.51. The van der Waals surface area contributed by atoms with Crippen LogP contribution in [0.15, 0.2) is 12.3 Å². The highest BCUT2D eigenvalue weighted by Crippen LogP contribution is 2.10. The quantitative estimate of drug-likeness (QED) is 0.834. The zero-order valence-corrected chi connectivity index (χ0v) is 11.5. The lowest BCUT2D eigenvalue weighted by Gasteiger charge is -2.21. The van der Waals surface area contributed by atoms with Crippen molar-refractivity contribution in [1.29, 1.82) is 0 Å². The van der Waals surface area contributed by atoms with Crippen LogP contribution in [0.4, 0.5) is 0 Å². The summed E-state index contributed by atoms with van der Waals surface area (Å²) in [5, 5.41) is 13.1. The largest absolute Gasteiger partial charge is 0.481 e. The van der Waals surface area contributed by atoms with E-state index in [1.807, 2.05) is 13.1 Å². The Kier molecular flexibility index (Phi) is 4.73. The van der Waals surface area contributed by atoms with E-state index in [1.165, 1.54) is 0 Å². The summed E-state index contributed by atoms with van der Waals surface area (Å²) in [5.41, 5.74) is 0.985. The third-order valence-electron chi connectivity index (χ3n) is 3.48. The Bertz CT molecular complexity index is 486. The zero-order valence-electron chi connectivity index (χ0n) is 11.5. The highest BCUT2D eigenvalue weighted by molar-refractivity contribution is 5.78. The van der Waals surface area contributed by atoms with Gasteiger partial charge in [0.05, 0.1) is 19.1 Å². The number of rotatable bonds is 4. The molecule has 7 heteroatoms. The van der Waals surface area contributed by atoms with Crippen molar-refractivity contribution in [2.75, 3.05) is 26.3 Å². The summed E-state index contributed by atoms with van der Waals surface area (Å²) in [7, 11) is 1.83.